The number of hydrogen-bond acceptors (Lipinski definition) is 8. The number of benzene rings is 2. The first-order valence-electron chi connectivity index (χ1n) is 17.1. The number of amides is 1. The number of nitrogens with zero attached hydrogens (tertiary/aromatic N) is 4. The smallest absolute Gasteiger partial charge is 0.262 e. The Morgan fingerprint density at radius 2 is 1.73 bits per heavy atom. The number of pyridine rings is 2. The van der Waals surface area contributed by atoms with Crippen LogP contribution < -0.4 is 20.9 Å². The highest BCUT2D eigenvalue weighted by atomic mass is 35.5. The van der Waals surface area contributed by atoms with Crippen LogP contribution in [0.2, 0.25) is 10.0 Å². The molecule has 2 aromatic carbocycles. The van der Waals surface area contributed by atoms with Crippen LogP contribution in [0.25, 0.3) is 39.2 Å². The summed E-state index contributed by atoms with van der Waals surface area (Å²) in [7, 11) is 3.56. The molecule has 0 radical (unpaired) electrons. The lowest BCUT2D eigenvalue weighted by Gasteiger charge is -2.45. The monoisotopic (exact) mass is 726 g/mol. The number of carbonyl (C=O) groups excluding carboxylic acids is 1. The predicted octanol–water partition coefficient (Wildman–Crippen LogP) is 6.12. The first kappa shape index (κ1) is 35.1. The van der Waals surface area contributed by atoms with E-state index in [2.05, 4.69) is 20.5 Å². The standard InChI is InChI=1S/C39H40Cl2N6O4/c1-39(50)17-27(18-39)46(2)22-25-20-43-33-16-23(14-15-47(33)38(25)49)28-6-4-7-29(35(28)40)30-8-5-9-31(36(30)41)32-12-10-24(37(45-32)51-3)19-42-21-26-11-13-34(48)44-26/h4-10,12,14-16,20,26-27,42,50H,11,13,17-19,21-22H2,1-3H3,(H,44,48)/t26-,27-,39-/m0/s1. The number of carbonyl (C=O) groups is 1. The van der Waals surface area contributed by atoms with E-state index in [0.29, 0.717) is 71.7 Å². The number of ether oxygens (including phenoxy) is 1. The number of halogens is 2. The van der Waals surface area contributed by atoms with Gasteiger partial charge in [0.2, 0.25) is 11.8 Å². The summed E-state index contributed by atoms with van der Waals surface area (Å²) in [6.07, 6.45) is 6.14. The van der Waals surface area contributed by atoms with Crippen LogP contribution in [-0.4, -0.2) is 68.7 Å². The molecule has 51 heavy (non-hydrogen) atoms. The van der Waals surface area contributed by atoms with Gasteiger partial charge in [0.25, 0.3) is 5.56 Å². The van der Waals surface area contributed by atoms with Crippen LogP contribution in [-0.2, 0) is 17.9 Å². The summed E-state index contributed by atoms with van der Waals surface area (Å²) in [4.78, 5) is 36.4. The van der Waals surface area contributed by atoms with Gasteiger partial charge in [-0.3, -0.25) is 18.9 Å². The number of aromatic nitrogens is 3. The average Bonchev–Trinajstić information content (AvgIpc) is 3.53. The number of aliphatic hydroxyl groups is 1. The van der Waals surface area contributed by atoms with Crippen molar-refractivity contribution in [1.29, 1.82) is 0 Å². The lowest BCUT2D eigenvalue weighted by atomic mass is 9.76. The summed E-state index contributed by atoms with van der Waals surface area (Å²) in [5.74, 6) is 0.587. The Kier molecular flexibility index (Phi) is 9.88. The molecule has 0 bridgehead atoms. The van der Waals surface area contributed by atoms with Gasteiger partial charge in [-0.05, 0) is 57.0 Å². The zero-order valence-corrected chi connectivity index (χ0v) is 30.3. The number of rotatable bonds is 11. The topological polar surface area (TPSA) is 121 Å². The van der Waals surface area contributed by atoms with E-state index in [4.69, 9.17) is 32.9 Å². The van der Waals surface area contributed by atoms with Gasteiger partial charge >= 0.3 is 0 Å². The van der Waals surface area contributed by atoms with Crippen molar-refractivity contribution in [3.63, 3.8) is 0 Å². The summed E-state index contributed by atoms with van der Waals surface area (Å²) < 4.78 is 7.20. The molecule has 5 aromatic rings. The van der Waals surface area contributed by atoms with Crippen LogP contribution in [0.4, 0.5) is 0 Å². The third-order valence-corrected chi connectivity index (χ3v) is 10.8. The van der Waals surface area contributed by atoms with Gasteiger partial charge in [0, 0.05) is 78.3 Å². The molecule has 1 atom stereocenters. The van der Waals surface area contributed by atoms with E-state index in [1.54, 1.807) is 23.9 Å². The first-order chi connectivity index (χ1) is 24.5. The van der Waals surface area contributed by atoms with E-state index in [0.717, 1.165) is 39.8 Å². The van der Waals surface area contributed by atoms with Crippen LogP contribution in [0.1, 0.15) is 43.7 Å². The Balaban J connectivity index is 1.12. The zero-order chi connectivity index (χ0) is 35.9. The molecule has 0 unspecified atom stereocenters. The minimum absolute atomic E-state index is 0.0942. The van der Waals surface area contributed by atoms with Crippen LogP contribution in [0.5, 0.6) is 5.88 Å². The van der Waals surface area contributed by atoms with E-state index in [1.165, 1.54) is 0 Å². The van der Waals surface area contributed by atoms with Gasteiger partial charge in [-0.15, -0.1) is 0 Å². The normalized spacial score (nSPS) is 20.1. The first-order valence-corrected chi connectivity index (χ1v) is 17.8. The van der Waals surface area contributed by atoms with Crippen LogP contribution in [0.15, 0.2) is 77.9 Å². The fourth-order valence-electron chi connectivity index (χ4n) is 7.10. The third kappa shape index (κ3) is 7.24. The summed E-state index contributed by atoms with van der Waals surface area (Å²) in [6.45, 7) is 3.51. The van der Waals surface area contributed by atoms with Crippen LogP contribution >= 0.6 is 23.2 Å². The molecule has 4 heterocycles. The third-order valence-electron chi connectivity index (χ3n) is 9.97. The molecule has 1 saturated carbocycles. The molecule has 2 aliphatic rings. The maximum absolute atomic E-state index is 13.4. The fraction of sp³-hybridized carbons (Fsp3) is 0.333. The average molecular weight is 728 g/mol. The highest BCUT2D eigenvalue weighted by Gasteiger charge is 2.40. The Bertz CT molecular complexity index is 2180. The molecule has 3 N–H and O–H groups in total. The molecule has 264 valence electrons. The maximum atomic E-state index is 13.4. The van der Waals surface area contributed by atoms with Crippen molar-refractivity contribution >= 4 is 34.8 Å². The number of methoxy groups -OCH3 is 1. The molecular weight excluding hydrogens is 687 g/mol. The van der Waals surface area contributed by atoms with Crippen LogP contribution in [0, 0.1) is 0 Å². The summed E-state index contributed by atoms with van der Waals surface area (Å²) in [5, 5.41) is 17.5. The lowest BCUT2D eigenvalue weighted by molar-refractivity contribution is -0.119. The molecule has 0 spiro atoms. The van der Waals surface area contributed by atoms with Gasteiger partial charge in [0.1, 0.15) is 5.65 Å². The molecule has 1 amide bonds. The number of hydrogen-bond donors (Lipinski definition) is 3. The zero-order valence-electron chi connectivity index (χ0n) is 28.7. The molecular formula is C39H40Cl2N6O4. The quantitative estimate of drug-likeness (QED) is 0.149. The Morgan fingerprint density at radius 1 is 1.02 bits per heavy atom. The number of nitrogens with one attached hydrogen (secondary N) is 2. The molecule has 1 saturated heterocycles. The van der Waals surface area contributed by atoms with Gasteiger partial charge in [0.05, 0.1) is 34.0 Å². The Morgan fingerprint density at radius 3 is 2.41 bits per heavy atom. The van der Waals surface area contributed by atoms with Crippen LogP contribution in [0.3, 0.4) is 0 Å². The minimum Gasteiger partial charge on any atom is -0.481 e. The van der Waals surface area contributed by atoms with Crippen molar-refractivity contribution < 1.29 is 14.6 Å². The molecule has 12 heteroatoms. The highest BCUT2D eigenvalue weighted by Crippen LogP contribution is 2.42. The van der Waals surface area contributed by atoms with Crippen molar-refractivity contribution in [2.75, 3.05) is 20.7 Å². The Labute approximate surface area is 306 Å². The second-order valence-electron chi connectivity index (χ2n) is 13.8. The molecule has 2 fully saturated rings. The lowest BCUT2D eigenvalue weighted by Crippen LogP contribution is -2.52. The second-order valence-corrected chi connectivity index (χ2v) is 14.6. The van der Waals surface area contributed by atoms with Gasteiger partial charge in [-0.2, -0.15) is 0 Å². The SMILES string of the molecule is COc1nc(-c2cccc(-c3cccc(-c4ccn5c(=O)c(CN(C)[C@H]6C[C@](C)(O)C6)cnc5c4)c3Cl)c2Cl)ccc1CNC[C@@H]1CCC(=O)N1. The van der Waals surface area contributed by atoms with Gasteiger partial charge in [0.15, 0.2) is 0 Å². The van der Waals surface area contributed by atoms with Crippen molar-refractivity contribution in [3.05, 3.63) is 105 Å². The van der Waals surface area contributed by atoms with Crippen molar-refractivity contribution in [1.82, 2.24) is 29.9 Å². The fourth-order valence-corrected chi connectivity index (χ4v) is 7.76. The highest BCUT2D eigenvalue weighted by molar-refractivity contribution is 6.39. The van der Waals surface area contributed by atoms with Crippen molar-refractivity contribution in [2.24, 2.45) is 0 Å². The summed E-state index contributed by atoms with van der Waals surface area (Å²) in [5.41, 5.74) is 5.75. The minimum atomic E-state index is -0.632. The molecule has 1 aliphatic carbocycles. The molecule has 1 aliphatic heterocycles. The number of fused-ring (bicyclic) bond motifs is 1. The molecule has 10 nitrogen and oxygen atoms in total. The van der Waals surface area contributed by atoms with E-state index in [1.807, 2.05) is 74.6 Å². The predicted molar refractivity (Wildman–Crippen MR) is 200 cm³/mol. The van der Waals surface area contributed by atoms with E-state index in [-0.39, 0.29) is 23.6 Å². The second kappa shape index (κ2) is 14.4. The molecule has 7 rings (SSSR count). The molecule has 3 aromatic heterocycles. The van der Waals surface area contributed by atoms with Gasteiger partial charge in [-0.1, -0.05) is 65.7 Å². The van der Waals surface area contributed by atoms with Crippen molar-refractivity contribution in [3.8, 4) is 39.4 Å². The summed E-state index contributed by atoms with van der Waals surface area (Å²) >= 11 is 14.2. The maximum Gasteiger partial charge on any atom is 0.262 e. The van der Waals surface area contributed by atoms with E-state index in [9.17, 15) is 14.7 Å². The Hall–Kier alpha value is -4.32. The van der Waals surface area contributed by atoms with E-state index >= 15 is 0 Å². The summed E-state index contributed by atoms with van der Waals surface area (Å²) in [6, 6.07) is 19.6. The largest absolute Gasteiger partial charge is 0.481 e. The van der Waals surface area contributed by atoms with Gasteiger partial charge in [-0.25, -0.2) is 9.97 Å². The van der Waals surface area contributed by atoms with E-state index < -0.39 is 5.60 Å². The van der Waals surface area contributed by atoms with Gasteiger partial charge < -0.3 is 20.5 Å². The van der Waals surface area contributed by atoms with Crippen molar-refractivity contribution in [2.45, 2.75) is 63.4 Å².